The molecule has 0 spiro atoms. The molecule has 0 fully saturated rings. The summed E-state index contributed by atoms with van der Waals surface area (Å²) in [6.07, 6.45) is 0. The van der Waals surface area contributed by atoms with E-state index in [0.29, 0.717) is 21.4 Å². The lowest BCUT2D eigenvalue weighted by Crippen LogP contribution is -2.45. The summed E-state index contributed by atoms with van der Waals surface area (Å²) >= 11 is 12.9. The fourth-order valence-electron chi connectivity index (χ4n) is 2.58. The number of hydrogen-bond donors (Lipinski definition) is 3. The Morgan fingerprint density at radius 2 is 2.12 bits per heavy atom. The van der Waals surface area contributed by atoms with E-state index >= 15 is 0 Å². The van der Waals surface area contributed by atoms with Crippen molar-refractivity contribution in [1.82, 2.24) is 10.6 Å². The third-order valence-electron chi connectivity index (χ3n) is 3.79. The minimum Gasteiger partial charge on any atom is -0.350 e. The number of halogens is 1. The van der Waals surface area contributed by atoms with Crippen molar-refractivity contribution in [3.8, 4) is 0 Å². The fraction of sp³-hybridized carbons (Fsp3) is 0.176. The summed E-state index contributed by atoms with van der Waals surface area (Å²) < 4.78 is 0. The molecule has 24 heavy (non-hydrogen) atoms. The number of thiocarbonyl (C=S) groups is 1. The van der Waals surface area contributed by atoms with E-state index in [2.05, 4.69) is 16.0 Å². The molecule has 1 atom stereocenters. The molecule has 1 amide bonds. The highest BCUT2D eigenvalue weighted by Crippen LogP contribution is 2.31. The van der Waals surface area contributed by atoms with Gasteiger partial charge in [0.25, 0.3) is 5.91 Å². The van der Waals surface area contributed by atoms with Gasteiger partial charge in [0.05, 0.1) is 11.6 Å². The molecule has 3 N–H and O–H groups in total. The minimum absolute atomic E-state index is 0.182. The summed E-state index contributed by atoms with van der Waals surface area (Å²) in [5.41, 5.74) is 3.01. The van der Waals surface area contributed by atoms with Crippen LogP contribution in [0.4, 0.5) is 5.69 Å². The number of nitrogens with one attached hydrogen (secondary N) is 3. The highest BCUT2D eigenvalue weighted by Gasteiger charge is 2.30. The second-order valence-electron chi connectivity index (χ2n) is 5.50. The number of thiophene rings is 1. The number of carbonyl (C=O) groups excluding carboxylic acids is 1. The monoisotopic (exact) mass is 377 g/mol. The Kier molecular flexibility index (Phi) is 4.89. The summed E-state index contributed by atoms with van der Waals surface area (Å²) in [6, 6.07) is 9.10. The molecule has 0 saturated carbocycles. The molecular formula is C17H16ClN3OS2. The lowest BCUT2D eigenvalue weighted by molar-refractivity contribution is -0.113. The third-order valence-corrected chi connectivity index (χ3v) is 5.18. The molecular weight excluding hydrogens is 362 g/mol. The van der Waals surface area contributed by atoms with Gasteiger partial charge in [-0.1, -0.05) is 23.7 Å². The lowest BCUT2D eigenvalue weighted by Gasteiger charge is -2.29. The fourth-order valence-corrected chi connectivity index (χ4v) is 3.81. The van der Waals surface area contributed by atoms with Crippen LogP contribution in [-0.4, -0.2) is 11.0 Å². The molecule has 0 aliphatic carbocycles. The van der Waals surface area contributed by atoms with Crippen LogP contribution >= 0.6 is 35.2 Å². The van der Waals surface area contributed by atoms with E-state index in [1.165, 1.54) is 0 Å². The number of hydrogen-bond acceptors (Lipinski definition) is 3. The first-order valence-electron chi connectivity index (χ1n) is 7.35. The average Bonchev–Trinajstić information content (AvgIpc) is 3.04. The van der Waals surface area contributed by atoms with Crippen LogP contribution in [0.1, 0.15) is 23.4 Å². The molecule has 0 saturated heterocycles. The van der Waals surface area contributed by atoms with Crippen molar-refractivity contribution in [2.45, 2.75) is 19.9 Å². The smallest absolute Gasteiger partial charge is 0.255 e. The SMILES string of the molecule is CC1=C(C(=O)Nc2cc(Cl)ccc2C)C(c2cccs2)NC(=S)N1. The Morgan fingerprint density at radius 1 is 1.33 bits per heavy atom. The van der Waals surface area contributed by atoms with E-state index < -0.39 is 0 Å². The molecule has 124 valence electrons. The highest BCUT2D eigenvalue weighted by atomic mass is 35.5. The zero-order valence-electron chi connectivity index (χ0n) is 13.1. The Hall–Kier alpha value is -1.89. The van der Waals surface area contributed by atoms with Crippen molar-refractivity contribution < 1.29 is 4.79 Å². The summed E-state index contributed by atoms with van der Waals surface area (Å²) in [5.74, 6) is -0.182. The van der Waals surface area contributed by atoms with Crippen LogP contribution in [0.25, 0.3) is 0 Å². The first-order valence-corrected chi connectivity index (χ1v) is 9.01. The van der Waals surface area contributed by atoms with Crippen LogP contribution in [0.15, 0.2) is 47.0 Å². The van der Waals surface area contributed by atoms with Crippen molar-refractivity contribution in [3.63, 3.8) is 0 Å². The number of amides is 1. The van der Waals surface area contributed by atoms with Gasteiger partial charge >= 0.3 is 0 Å². The number of aryl methyl sites for hydroxylation is 1. The Bertz CT molecular complexity index is 830. The van der Waals surface area contributed by atoms with Crippen LogP contribution < -0.4 is 16.0 Å². The molecule has 2 aromatic rings. The number of anilines is 1. The van der Waals surface area contributed by atoms with Gasteiger partial charge in [0, 0.05) is 21.3 Å². The zero-order valence-corrected chi connectivity index (χ0v) is 15.5. The molecule has 1 aliphatic rings. The van der Waals surface area contributed by atoms with Gasteiger partial charge in [-0.2, -0.15) is 0 Å². The summed E-state index contributed by atoms with van der Waals surface area (Å²) in [6.45, 7) is 3.78. The van der Waals surface area contributed by atoms with Gasteiger partial charge in [-0.15, -0.1) is 11.3 Å². The van der Waals surface area contributed by atoms with Crippen molar-refractivity contribution in [1.29, 1.82) is 0 Å². The predicted octanol–water partition coefficient (Wildman–Crippen LogP) is 4.14. The number of rotatable bonds is 3. The van der Waals surface area contributed by atoms with Crippen LogP contribution in [0.5, 0.6) is 0 Å². The van der Waals surface area contributed by atoms with Gasteiger partial charge in [-0.05, 0) is 55.2 Å². The van der Waals surface area contributed by atoms with Crippen molar-refractivity contribution in [3.05, 3.63) is 62.4 Å². The van der Waals surface area contributed by atoms with E-state index in [1.807, 2.05) is 37.4 Å². The molecule has 1 aromatic carbocycles. The largest absolute Gasteiger partial charge is 0.350 e. The second kappa shape index (κ2) is 6.93. The van der Waals surface area contributed by atoms with Gasteiger partial charge < -0.3 is 16.0 Å². The van der Waals surface area contributed by atoms with E-state index in [4.69, 9.17) is 23.8 Å². The molecule has 0 radical (unpaired) electrons. The highest BCUT2D eigenvalue weighted by molar-refractivity contribution is 7.80. The van der Waals surface area contributed by atoms with Crippen molar-refractivity contribution in [2.75, 3.05) is 5.32 Å². The maximum Gasteiger partial charge on any atom is 0.255 e. The Morgan fingerprint density at radius 3 is 2.83 bits per heavy atom. The zero-order chi connectivity index (χ0) is 17.3. The predicted molar refractivity (Wildman–Crippen MR) is 103 cm³/mol. The maximum absolute atomic E-state index is 12.9. The van der Waals surface area contributed by atoms with Gasteiger partial charge in [0.15, 0.2) is 5.11 Å². The maximum atomic E-state index is 12.9. The molecule has 7 heteroatoms. The van der Waals surface area contributed by atoms with Crippen LogP contribution in [0.3, 0.4) is 0 Å². The van der Waals surface area contributed by atoms with Crippen LogP contribution in [-0.2, 0) is 4.79 Å². The molecule has 1 aromatic heterocycles. The van der Waals surface area contributed by atoms with Crippen molar-refractivity contribution in [2.24, 2.45) is 0 Å². The molecule has 2 heterocycles. The van der Waals surface area contributed by atoms with E-state index in [9.17, 15) is 4.79 Å². The van der Waals surface area contributed by atoms with Gasteiger partial charge in [0.2, 0.25) is 0 Å². The third kappa shape index (κ3) is 3.45. The average molecular weight is 378 g/mol. The quantitative estimate of drug-likeness (QED) is 0.703. The topological polar surface area (TPSA) is 53.2 Å². The molecule has 0 bridgehead atoms. The van der Waals surface area contributed by atoms with Gasteiger partial charge in [0.1, 0.15) is 0 Å². The molecule has 3 rings (SSSR count). The first kappa shape index (κ1) is 17.0. The van der Waals surface area contributed by atoms with Crippen LogP contribution in [0.2, 0.25) is 5.02 Å². The molecule has 4 nitrogen and oxygen atoms in total. The van der Waals surface area contributed by atoms with Gasteiger partial charge in [-0.3, -0.25) is 4.79 Å². The van der Waals surface area contributed by atoms with E-state index in [0.717, 1.165) is 16.1 Å². The second-order valence-corrected chi connectivity index (χ2v) is 7.32. The summed E-state index contributed by atoms with van der Waals surface area (Å²) in [4.78, 5) is 14.0. The van der Waals surface area contributed by atoms with Crippen LogP contribution in [0, 0.1) is 6.92 Å². The van der Waals surface area contributed by atoms with Gasteiger partial charge in [-0.25, -0.2) is 0 Å². The van der Waals surface area contributed by atoms with E-state index in [-0.39, 0.29) is 11.9 Å². The normalized spacial score (nSPS) is 17.3. The van der Waals surface area contributed by atoms with E-state index in [1.54, 1.807) is 23.5 Å². The number of benzene rings is 1. The standard InChI is InChI=1S/C17H16ClN3OS2/c1-9-5-6-11(18)8-12(9)20-16(22)14-10(2)19-17(23)21-15(14)13-4-3-7-24-13/h3-8,15H,1-2H3,(H,20,22)(H2,19,21,23). The Balaban J connectivity index is 1.95. The molecule has 1 unspecified atom stereocenters. The summed E-state index contributed by atoms with van der Waals surface area (Å²) in [5, 5.41) is 12.2. The number of carbonyl (C=O) groups is 1. The number of allylic oxidation sites excluding steroid dienone is 1. The molecule has 1 aliphatic heterocycles. The minimum atomic E-state index is -0.266. The summed E-state index contributed by atoms with van der Waals surface area (Å²) in [7, 11) is 0. The first-order chi connectivity index (χ1) is 11.5. The Labute approximate surface area is 154 Å². The van der Waals surface area contributed by atoms with Crippen molar-refractivity contribution >= 4 is 51.9 Å². The lowest BCUT2D eigenvalue weighted by atomic mass is 10.0.